The van der Waals surface area contributed by atoms with Crippen LogP contribution in [0.25, 0.3) is 0 Å². The van der Waals surface area contributed by atoms with Gasteiger partial charge in [-0.2, -0.15) is 0 Å². The minimum Gasteiger partial charge on any atom is -0.448 e. The largest absolute Gasteiger partial charge is 0.448 e. The average Bonchev–Trinajstić information content (AvgIpc) is 2.53. The van der Waals surface area contributed by atoms with Crippen molar-refractivity contribution in [1.29, 1.82) is 0 Å². The number of oxazole rings is 1. The molecule has 0 aliphatic rings. The van der Waals surface area contributed by atoms with Crippen molar-refractivity contribution in [3.63, 3.8) is 0 Å². The van der Waals surface area contributed by atoms with E-state index in [1.54, 1.807) is 0 Å². The van der Waals surface area contributed by atoms with Crippen LogP contribution in [0.5, 0.6) is 0 Å². The van der Waals surface area contributed by atoms with Gasteiger partial charge in [-0.05, 0) is 13.3 Å². The molecule has 4 N–H and O–H groups in total. The Hall–Kier alpha value is -1.36. The zero-order valence-electron chi connectivity index (χ0n) is 8.36. The standard InChI is InChI=1S/C9H15N3O2/c1-3-6(5(2)10)9-12-7(4-14-9)8(11)13/h4-6H,3,10H2,1-2H3,(H2,11,13)/t5-,6-/m1/s1. The molecule has 0 fully saturated rings. The molecule has 1 aromatic rings. The van der Waals surface area contributed by atoms with E-state index in [0.717, 1.165) is 6.42 Å². The summed E-state index contributed by atoms with van der Waals surface area (Å²) in [7, 11) is 0. The van der Waals surface area contributed by atoms with Crippen LogP contribution in [-0.2, 0) is 0 Å². The van der Waals surface area contributed by atoms with Crippen molar-refractivity contribution in [3.05, 3.63) is 17.8 Å². The fourth-order valence-electron chi connectivity index (χ4n) is 1.34. The maximum atomic E-state index is 10.8. The number of primary amides is 1. The summed E-state index contributed by atoms with van der Waals surface area (Å²) < 4.78 is 5.15. The van der Waals surface area contributed by atoms with Gasteiger partial charge in [0.05, 0.1) is 5.92 Å². The molecule has 14 heavy (non-hydrogen) atoms. The second-order valence-corrected chi connectivity index (χ2v) is 3.31. The van der Waals surface area contributed by atoms with E-state index in [0.29, 0.717) is 5.89 Å². The van der Waals surface area contributed by atoms with Crippen molar-refractivity contribution in [2.45, 2.75) is 32.2 Å². The number of rotatable bonds is 4. The predicted octanol–water partition coefficient (Wildman–Crippen LogP) is 0.614. The van der Waals surface area contributed by atoms with Gasteiger partial charge in [0.15, 0.2) is 11.6 Å². The molecule has 0 saturated carbocycles. The molecular formula is C9H15N3O2. The smallest absolute Gasteiger partial charge is 0.270 e. The van der Waals surface area contributed by atoms with Gasteiger partial charge in [0.1, 0.15) is 6.26 Å². The molecule has 2 atom stereocenters. The summed E-state index contributed by atoms with van der Waals surface area (Å²) in [6.45, 7) is 3.87. The van der Waals surface area contributed by atoms with E-state index in [1.165, 1.54) is 6.26 Å². The Balaban J connectivity index is 2.89. The third-order valence-corrected chi connectivity index (χ3v) is 2.17. The van der Waals surface area contributed by atoms with Crippen molar-refractivity contribution in [2.24, 2.45) is 11.5 Å². The van der Waals surface area contributed by atoms with E-state index in [4.69, 9.17) is 15.9 Å². The molecule has 0 aliphatic carbocycles. The third kappa shape index (κ3) is 2.11. The lowest BCUT2D eigenvalue weighted by Crippen LogP contribution is -2.24. The first-order valence-corrected chi connectivity index (χ1v) is 4.57. The number of carbonyl (C=O) groups is 1. The molecular weight excluding hydrogens is 182 g/mol. The molecule has 0 aromatic carbocycles. The summed E-state index contributed by atoms with van der Waals surface area (Å²) in [6.07, 6.45) is 2.08. The molecule has 5 heteroatoms. The van der Waals surface area contributed by atoms with Crippen LogP contribution in [0.3, 0.4) is 0 Å². The predicted molar refractivity (Wildman–Crippen MR) is 51.7 cm³/mol. The summed E-state index contributed by atoms with van der Waals surface area (Å²) in [5.41, 5.74) is 11.0. The van der Waals surface area contributed by atoms with Crippen molar-refractivity contribution in [2.75, 3.05) is 0 Å². The van der Waals surface area contributed by atoms with E-state index >= 15 is 0 Å². The van der Waals surface area contributed by atoms with Gasteiger partial charge in [-0.25, -0.2) is 4.98 Å². The molecule has 1 heterocycles. The Morgan fingerprint density at radius 3 is 2.71 bits per heavy atom. The van der Waals surface area contributed by atoms with Gasteiger partial charge < -0.3 is 15.9 Å². The summed E-state index contributed by atoms with van der Waals surface area (Å²) in [5.74, 6) is -0.0704. The van der Waals surface area contributed by atoms with Gasteiger partial charge >= 0.3 is 0 Å². The number of hydrogen-bond acceptors (Lipinski definition) is 4. The first kappa shape index (κ1) is 10.7. The zero-order valence-corrected chi connectivity index (χ0v) is 8.36. The number of carbonyl (C=O) groups excluding carboxylic acids is 1. The number of hydrogen-bond donors (Lipinski definition) is 2. The number of aromatic nitrogens is 1. The molecule has 0 saturated heterocycles. The van der Waals surface area contributed by atoms with E-state index in [-0.39, 0.29) is 17.7 Å². The highest BCUT2D eigenvalue weighted by Crippen LogP contribution is 2.21. The lowest BCUT2D eigenvalue weighted by Gasteiger charge is -2.14. The summed E-state index contributed by atoms with van der Waals surface area (Å²) in [4.78, 5) is 14.7. The van der Waals surface area contributed by atoms with Gasteiger partial charge in [0.25, 0.3) is 5.91 Å². The minimum atomic E-state index is -0.584. The van der Waals surface area contributed by atoms with E-state index in [1.807, 2.05) is 13.8 Å². The fraction of sp³-hybridized carbons (Fsp3) is 0.556. The van der Waals surface area contributed by atoms with Gasteiger partial charge in [-0.1, -0.05) is 6.92 Å². The molecule has 1 aromatic heterocycles. The monoisotopic (exact) mass is 197 g/mol. The Morgan fingerprint density at radius 1 is 1.71 bits per heavy atom. The maximum Gasteiger partial charge on any atom is 0.270 e. The van der Waals surface area contributed by atoms with Crippen LogP contribution in [0.4, 0.5) is 0 Å². The molecule has 0 unspecified atom stereocenters. The molecule has 0 aliphatic heterocycles. The molecule has 0 bridgehead atoms. The number of nitrogens with zero attached hydrogens (tertiary/aromatic N) is 1. The van der Waals surface area contributed by atoms with Gasteiger partial charge in [0, 0.05) is 6.04 Å². The maximum absolute atomic E-state index is 10.8. The Bertz CT molecular complexity index is 320. The van der Waals surface area contributed by atoms with E-state index in [9.17, 15) is 4.79 Å². The quantitative estimate of drug-likeness (QED) is 0.739. The molecule has 1 rings (SSSR count). The zero-order chi connectivity index (χ0) is 10.7. The molecule has 1 amide bonds. The summed E-state index contributed by atoms with van der Waals surface area (Å²) in [6, 6.07) is -0.0561. The first-order valence-electron chi connectivity index (χ1n) is 4.57. The average molecular weight is 197 g/mol. The highest BCUT2D eigenvalue weighted by atomic mass is 16.3. The fourth-order valence-corrected chi connectivity index (χ4v) is 1.34. The lowest BCUT2D eigenvalue weighted by molar-refractivity contribution is 0.0995. The van der Waals surface area contributed by atoms with Crippen molar-refractivity contribution < 1.29 is 9.21 Å². The molecule has 5 nitrogen and oxygen atoms in total. The van der Waals surface area contributed by atoms with Crippen LogP contribution in [0.15, 0.2) is 10.7 Å². The first-order chi connectivity index (χ1) is 6.56. The summed E-state index contributed by atoms with van der Waals surface area (Å²) in [5, 5.41) is 0. The Morgan fingerprint density at radius 2 is 2.36 bits per heavy atom. The van der Waals surface area contributed by atoms with E-state index < -0.39 is 5.91 Å². The van der Waals surface area contributed by atoms with Crippen LogP contribution in [0, 0.1) is 0 Å². The van der Waals surface area contributed by atoms with Crippen molar-refractivity contribution in [1.82, 2.24) is 4.98 Å². The molecule has 0 spiro atoms. The third-order valence-electron chi connectivity index (χ3n) is 2.17. The Labute approximate surface area is 82.5 Å². The second kappa shape index (κ2) is 4.23. The van der Waals surface area contributed by atoms with Crippen LogP contribution in [0.1, 0.15) is 42.6 Å². The topological polar surface area (TPSA) is 95.1 Å². The van der Waals surface area contributed by atoms with Crippen molar-refractivity contribution in [3.8, 4) is 0 Å². The highest BCUT2D eigenvalue weighted by molar-refractivity contribution is 5.90. The van der Waals surface area contributed by atoms with Crippen LogP contribution in [-0.4, -0.2) is 16.9 Å². The lowest BCUT2D eigenvalue weighted by atomic mass is 9.99. The van der Waals surface area contributed by atoms with Crippen molar-refractivity contribution >= 4 is 5.91 Å². The molecule has 78 valence electrons. The van der Waals surface area contributed by atoms with Gasteiger partial charge in [-0.15, -0.1) is 0 Å². The normalized spacial score (nSPS) is 15.1. The summed E-state index contributed by atoms with van der Waals surface area (Å²) >= 11 is 0. The van der Waals surface area contributed by atoms with E-state index in [2.05, 4.69) is 4.98 Å². The van der Waals surface area contributed by atoms with Gasteiger partial charge in [0.2, 0.25) is 0 Å². The Kier molecular flexibility index (Phi) is 3.24. The van der Waals surface area contributed by atoms with Crippen LogP contribution < -0.4 is 11.5 Å². The number of nitrogens with two attached hydrogens (primary N) is 2. The number of amides is 1. The highest BCUT2D eigenvalue weighted by Gasteiger charge is 2.20. The SMILES string of the molecule is CC[C@@H](c1nc(C(N)=O)co1)[C@@H](C)N. The van der Waals surface area contributed by atoms with Crippen LogP contribution >= 0.6 is 0 Å². The van der Waals surface area contributed by atoms with Crippen LogP contribution in [0.2, 0.25) is 0 Å². The van der Waals surface area contributed by atoms with Gasteiger partial charge in [-0.3, -0.25) is 4.79 Å². The molecule has 0 radical (unpaired) electrons. The minimum absolute atomic E-state index is 0.0306. The second-order valence-electron chi connectivity index (χ2n) is 3.31.